The molecule has 0 aliphatic rings. The van der Waals surface area contributed by atoms with Gasteiger partial charge in [-0.05, 0) is 38.5 Å². The fourth-order valence-electron chi connectivity index (χ4n) is 6.94. The van der Waals surface area contributed by atoms with Crippen LogP contribution in [0.5, 0.6) is 0 Å². The molecule has 0 aromatic heterocycles. The number of nitrogens with zero attached hydrogens (tertiary/aromatic N) is 1. The van der Waals surface area contributed by atoms with Crippen molar-refractivity contribution in [2.45, 2.75) is 238 Å². The summed E-state index contributed by atoms with van der Waals surface area (Å²) in [5.74, 6) is -2.27. The SMILES string of the molecule is CCCCCCCCCC/C=C\CCCCCCCCCCCCCC(=O)OC(COC(=O)CCCCCCCCCCCC)COC(OCC[N+](C)(C)C)C(=O)[O-]. The summed E-state index contributed by atoms with van der Waals surface area (Å²) < 4.78 is 22.6. The number of aliphatic carboxylic acids is 1. The standard InChI is InChI=1S/C49H93NO8/c1-6-8-10-12-14-16-18-19-20-21-22-23-24-25-26-27-28-29-30-32-34-36-38-40-47(52)58-45(44-57-49(48(53)54)55-42-41-50(3,4)5)43-56-46(51)39-37-35-33-31-17-15-13-11-9-7-2/h21-22,45,49H,6-20,23-44H2,1-5H3/b22-21-. The van der Waals surface area contributed by atoms with Gasteiger partial charge in [-0.2, -0.15) is 0 Å². The van der Waals surface area contributed by atoms with E-state index in [4.69, 9.17) is 18.9 Å². The van der Waals surface area contributed by atoms with Gasteiger partial charge in [-0.3, -0.25) is 9.59 Å². The number of carboxylic acids is 1. The first-order valence-corrected chi connectivity index (χ1v) is 24.3. The van der Waals surface area contributed by atoms with E-state index in [1.165, 1.54) is 161 Å². The zero-order chi connectivity index (χ0) is 42.8. The highest BCUT2D eigenvalue weighted by Gasteiger charge is 2.21. The number of hydrogen-bond donors (Lipinski definition) is 0. The zero-order valence-electron chi connectivity index (χ0n) is 38.7. The fourth-order valence-corrected chi connectivity index (χ4v) is 6.94. The van der Waals surface area contributed by atoms with Crippen LogP contribution in [0.4, 0.5) is 0 Å². The van der Waals surface area contributed by atoms with E-state index >= 15 is 0 Å². The van der Waals surface area contributed by atoms with Gasteiger partial charge in [-0.1, -0.05) is 187 Å². The monoisotopic (exact) mass is 824 g/mol. The summed E-state index contributed by atoms with van der Waals surface area (Å²) in [4.78, 5) is 36.9. The molecule has 0 aliphatic carbocycles. The van der Waals surface area contributed by atoms with E-state index in [9.17, 15) is 19.5 Å². The molecule has 9 nitrogen and oxygen atoms in total. The summed E-state index contributed by atoms with van der Waals surface area (Å²) in [6.07, 6.45) is 41.1. The number of quaternary nitrogens is 1. The van der Waals surface area contributed by atoms with Crippen molar-refractivity contribution in [1.29, 1.82) is 0 Å². The zero-order valence-corrected chi connectivity index (χ0v) is 38.7. The average Bonchev–Trinajstić information content (AvgIpc) is 3.18. The molecule has 0 radical (unpaired) electrons. The second-order valence-electron chi connectivity index (χ2n) is 17.8. The van der Waals surface area contributed by atoms with Crippen molar-refractivity contribution in [3.63, 3.8) is 0 Å². The van der Waals surface area contributed by atoms with E-state index in [0.717, 1.165) is 32.1 Å². The van der Waals surface area contributed by atoms with Gasteiger partial charge < -0.3 is 33.3 Å². The third-order valence-corrected chi connectivity index (χ3v) is 10.8. The molecular weight excluding hydrogens is 731 g/mol. The molecule has 0 fully saturated rings. The summed E-state index contributed by atoms with van der Waals surface area (Å²) in [5.41, 5.74) is 0. The largest absolute Gasteiger partial charge is 0.545 e. The van der Waals surface area contributed by atoms with Crippen LogP contribution >= 0.6 is 0 Å². The maximum atomic E-state index is 12.8. The van der Waals surface area contributed by atoms with Crippen molar-refractivity contribution in [1.82, 2.24) is 0 Å². The lowest BCUT2D eigenvalue weighted by atomic mass is 10.0. The van der Waals surface area contributed by atoms with Gasteiger partial charge in [0.2, 0.25) is 0 Å². The van der Waals surface area contributed by atoms with Gasteiger partial charge in [0.15, 0.2) is 12.4 Å². The average molecular weight is 824 g/mol. The van der Waals surface area contributed by atoms with Crippen LogP contribution in [-0.4, -0.2) is 82.3 Å². The molecule has 0 rings (SSSR count). The molecule has 2 atom stereocenters. The Labute approximate surface area is 357 Å². The Balaban J connectivity index is 4.24. The highest BCUT2D eigenvalue weighted by molar-refractivity contribution is 5.70. The number of hydrogen-bond acceptors (Lipinski definition) is 8. The Morgan fingerprint density at radius 3 is 1.28 bits per heavy atom. The van der Waals surface area contributed by atoms with Crippen molar-refractivity contribution in [3.05, 3.63) is 12.2 Å². The van der Waals surface area contributed by atoms with Crippen LogP contribution in [0.1, 0.15) is 226 Å². The summed E-state index contributed by atoms with van der Waals surface area (Å²) in [6, 6.07) is 0. The Kier molecular flexibility index (Phi) is 40.3. The quantitative estimate of drug-likeness (QED) is 0.0196. The van der Waals surface area contributed by atoms with Crippen molar-refractivity contribution in [2.75, 3.05) is 47.5 Å². The Bertz CT molecular complexity index is 965. The minimum atomic E-state index is -1.61. The number of allylic oxidation sites excluding steroid dienone is 2. The van der Waals surface area contributed by atoms with Crippen LogP contribution < -0.4 is 5.11 Å². The molecule has 0 bridgehead atoms. The van der Waals surface area contributed by atoms with Crippen LogP contribution in [-0.2, 0) is 33.3 Å². The van der Waals surface area contributed by atoms with E-state index < -0.39 is 24.3 Å². The Hall–Kier alpha value is -1.97. The summed E-state index contributed by atoms with van der Waals surface area (Å²) in [6.45, 7) is 4.75. The van der Waals surface area contributed by atoms with Crippen LogP contribution in [0.25, 0.3) is 0 Å². The lowest BCUT2D eigenvalue weighted by molar-refractivity contribution is -0.870. The van der Waals surface area contributed by atoms with E-state index in [1.807, 2.05) is 21.1 Å². The van der Waals surface area contributed by atoms with Gasteiger partial charge >= 0.3 is 11.9 Å². The minimum Gasteiger partial charge on any atom is -0.545 e. The molecule has 0 aromatic carbocycles. The van der Waals surface area contributed by atoms with Crippen LogP contribution in [0, 0.1) is 0 Å². The van der Waals surface area contributed by atoms with Gasteiger partial charge in [0.1, 0.15) is 13.2 Å². The van der Waals surface area contributed by atoms with E-state index in [1.54, 1.807) is 0 Å². The van der Waals surface area contributed by atoms with E-state index in [-0.39, 0.29) is 32.2 Å². The molecule has 0 saturated heterocycles. The molecule has 0 aromatic rings. The van der Waals surface area contributed by atoms with Crippen LogP contribution in [0.15, 0.2) is 12.2 Å². The number of likely N-dealkylation sites (N-methyl/N-ethyl adjacent to an activating group) is 1. The predicted molar refractivity (Wildman–Crippen MR) is 237 cm³/mol. The number of unbranched alkanes of at least 4 members (excludes halogenated alkanes) is 28. The van der Waals surface area contributed by atoms with Gasteiger partial charge in [0, 0.05) is 12.8 Å². The van der Waals surface area contributed by atoms with Crippen LogP contribution in [0.3, 0.4) is 0 Å². The number of rotatable bonds is 45. The molecular formula is C49H93NO8. The Morgan fingerprint density at radius 1 is 0.500 bits per heavy atom. The minimum absolute atomic E-state index is 0.151. The van der Waals surface area contributed by atoms with Crippen molar-refractivity contribution < 1.29 is 42.9 Å². The lowest BCUT2D eigenvalue weighted by Crippen LogP contribution is -2.44. The number of ether oxygens (including phenoxy) is 4. The second kappa shape index (κ2) is 41.8. The molecule has 58 heavy (non-hydrogen) atoms. The first-order valence-electron chi connectivity index (χ1n) is 24.3. The lowest BCUT2D eigenvalue weighted by Gasteiger charge is -2.26. The molecule has 0 amide bonds. The molecule has 9 heteroatoms. The second-order valence-corrected chi connectivity index (χ2v) is 17.8. The van der Waals surface area contributed by atoms with Crippen molar-refractivity contribution in [3.8, 4) is 0 Å². The van der Waals surface area contributed by atoms with Gasteiger partial charge in [-0.15, -0.1) is 0 Å². The topological polar surface area (TPSA) is 111 Å². The normalized spacial score (nSPS) is 12.9. The summed E-state index contributed by atoms with van der Waals surface area (Å²) in [7, 11) is 5.91. The number of carbonyl (C=O) groups is 3. The highest BCUT2D eigenvalue weighted by Crippen LogP contribution is 2.15. The fraction of sp³-hybridized carbons (Fsp3) is 0.898. The Morgan fingerprint density at radius 2 is 0.879 bits per heavy atom. The maximum absolute atomic E-state index is 12.8. The molecule has 2 unspecified atom stereocenters. The van der Waals surface area contributed by atoms with Crippen LogP contribution in [0.2, 0.25) is 0 Å². The first-order chi connectivity index (χ1) is 28.1. The molecule has 0 spiro atoms. The third kappa shape index (κ3) is 42.2. The third-order valence-electron chi connectivity index (χ3n) is 10.8. The predicted octanol–water partition coefficient (Wildman–Crippen LogP) is 11.7. The van der Waals surface area contributed by atoms with Crippen molar-refractivity contribution >= 4 is 17.9 Å². The van der Waals surface area contributed by atoms with Crippen molar-refractivity contribution in [2.24, 2.45) is 0 Å². The van der Waals surface area contributed by atoms with E-state index in [0.29, 0.717) is 23.9 Å². The molecule has 0 saturated carbocycles. The molecule has 0 heterocycles. The van der Waals surface area contributed by atoms with Gasteiger partial charge in [-0.25, -0.2) is 0 Å². The molecule has 0 N–H and O–H groups in total. The first kappa shape index (κ1) is 56.0. The van der Waals surface area contributed by atoms with Gasteiger partial charge in [0.05, 0.1) is 40.3 Å². The summed E-state index contributed by atoms with van der Waals surface area (Å²) >= 11 is 0. The summed E-state index contributed by atoms with van der Waals surface area (Å²) in [5, 5.41) is 11.7. The molecule has 0 aliphatic heterocycles. The number of esters is 2. The maximum Gasteiger partial charge on any atom is 0.306 e. The smallest absolute Gasteiger partial charge is 0.306 e. The number of carboxylic acid groups (broad SMARTS) is 1. The highest BCUT2D eigenvalue weighted by atomic mass is 16.7. The van der Waals surface area contributed by atoms with Gasteiger partial charge in [0.25, 0.3) is 0 Å². The van der Waals surface area contributed by atoms with E-state index in [2.05, 4.69) is 26.0 Å². The number of carbonyl (C=O) groups excluding carboxylic acids is 3. The molecule has 342 valence electrons.